The number of carbonyl (C=O) groups is 2. The highest BCUT2D eigenvalue weighted by Gasteiger charge is 2.09. The molecule has 93 valence electrons. The molecular weight excluding hydrogens is 263 g/mol. The van der Waals surface area contributed by atoms with Crippen molar-refractivity contribution in [1.29, 1.82) is 0 Å². The number of aromatic carboxylic acids is 2. The van der Waals surface area contributed by atoms with Gasteiger partial charge in [0, 0.05) is 29.8 Å². The minimum Gasteiger partial charge on any atom is -0.478 e. The van der Waals surface area contributed by atoms with Gasteiger partial charge in [0.25, 0.3) is 0 Å². The number of rotatable bonds is 3. The SMILES string of the molecule is O=C(O)c1ccnc(-c2cc(C(=O)O)ccn2)c1.[Al]. The minimum absolute atomic E-state index is 0. The molecule has 19 heavy (non-hydrogen) atoms. The number of carboxylic acids is 2. The first-order chi connectivity index (χ1) is 8.58. The van der Waals surface area contributed by atoms with Crippen LogP contribution in [0.2, 0.25) is 0 Å². The van der Waals surface area contributed by atoms with Crippen molar-refractivity contribution in [3.8, 4) is 11.4 Å². The second-order valence-corrected chi connectivity index (χ2v) is 3.47. The summed E-state index contributed by atoms with van der Waals surface area (Å²) in [5.41, 5.74) is 0.779. The zero-order chi connectivity index (χ0) is 13.1. The number of carboxylic acid groups (broad SMARTS) is 2. The van der Waals surface area contributed by atoms with Gasteiger partial charge in [0.15, 0.2) is 0 Å². The first-order valence-corrected chi connectivity index (χ1v) is 4.97. The highest BCUT2D eigenvalue weighted by atomic mass is 27.0. The van der Waals surface area contributed by atoms with Crippen LogP contribution in [0.4, 0.5) is 0 Å². The zero-order valence-corrected chi connectivity index (χ0v) is 10.8. The van der Waals surface area contributed by atoms with Gasteiger partial charge < -0.3 is 10.2 Å². The van der Waals surface area contributed by atoms with Gasteiger partial charge in [-0.05, 0) is 24.3 Å². The van der Waals surface area contributed by atoms with Crippen LogP contribution in [0.15, 0.2) is 36.7 Å². The normalized spacial score (nSPS) is 9.47. The van der Waals surface area contributed by atoms with Crippen molar-refractivity contribution in [2.24, 2.45) is 0 Å². The van der Waals surface area contributed by atoms with Crippen LogP contribution >= 0.6 is 0 Å². The third-order valence-corrected chi connectivity index (χ3v) is 2.28. The Morgan fingerprint density at radius 2 is 1.21 bits per heavy atom. The van der Waals surface area contributed by atoms with E-state index in [-0.39, 0.29) is 28.5 Å². The average molecular weight is 271 g/mol. The lowest BCUT2D eigenvalue weighted by Gasteiger charge is -2.02. The van der Waals surface area contributed by atoms with Crippen LogP contribution in [-0.2, 0) is 0 Å². The van der Waals surface area contributed by atoms with Crippen LogP contribution in [0.5, 0.6) is 0 Å². The van der Waals surface area contributed by atoms with Crippen molar-refractivity contribution in [1.82, 2.24) is 9.97 Å². The molecule has 2 N–H and O–H groups in total. The van der Waals surface area contributed by atoms with Gasteiger partial charge in [0.05, 0.1) is 22.5 Å². The van der Waals surface area contributed by atoms with Gasteiger partial charge >= 0.3 is 11.9 Å². The Labute approximate surface area is 118 Å². The molecule has 0 spiro atoms. The number of hydrogen-bond donors (Lipinski definition) is 2. The molecule has 0 fully saturated rings. The predicted molar refractivity (Wildman–Crippen MR) is 67.1 cm³/mol. The van der Waals surface area contributed by atoms with E-state index in [4.69, 9.17) is 10.2 Å². The van der Waals surface area contributed by atoms with E-state index in [0.29, 0.717) is 11.4 Å². The van der Waals surface area contributed by atoms with E-state index in [1.54, 1.807) is 0 Å². The number of hydrogen-bond acceptors (Lipinski definition) is 4. The highest BCUT2D eigenvalue weighted by Crippen LogP contribution is 2.16. The molecule has 6 nitrogen and oxygen atoms in total. The first-order valence-electron chi connectivity index (χ1n) is 4.97. The third-order valence-electron chi connectivity index (χ3n) is 2.28. The summed E-state index contributed by atoms with van der Waals surface area (Å²) in [6.45, 7) is 0. The number of pyridine rings is 2. The second kappa shape index (κ2) is 6.09. The lowest BCUT2D eigenvalue weighted by molar-refractivity contribution is 0.0686. The largest absolute Gasteiger partial charge is 0.478 e. The summed E-state index contributed by atoms with van der Waals surface area (Å²) in [5.74, 6) is -2.15. The Bertz CT molecular complexity index is 575. The maximum atomic E-state index is 10.8. The van der Waals surface area contributed by atoms with Gasteiger partial charge in [0.1, 0.15) is 0 Å². The van der Waals surface area contributed by atoms with Crippen LogP contribution in [0.3, 0.4) is 0 Å². The minimum atomic E-state index is -1.08. The van der Waals surface area contributed by atoms with E-state index in [2.05, 4.69) is 9.97 Å². The fourth-order valence-corrected chi connectivity index (χ4v) is 1.41. The summed E-state index contributed by atoms with van der Waals surface area (Å²) in [4.78, 5) is 29.6. The van der Waals surface area contributed by atoms with Gasteiger partial charge in [-0.25, -0.2) is 9.59 Å². The quantitative estimate of drug-likeness (QED) is 0.812. The Morgan fingerprint density at radius 1 is 0.842 bits per heavy atom. The maximum Gasteiger partial charge on any atom is 0.335 e. The molecule has 0 saturated heterocycles. The molecule has 0 amide bonds. The average Bonchev–Trinajstić information content (AvgIpc) is 2.39. The van der Waals surface area contributed by atoms with Crippen molar-refractivity contribution in [2.45, 2.75) is 0 Å². The monoisotopic (exact) mass is 271 g/mol. The van der Waals surface area contributed by atoms with E-state index in [0.717, 1.165) is 0 Å². The van der Waals surface area contributed by atoms with Gasteiger partial charge in [-0.15, -0.1) is 0 Å². The van der Waals surface area contributed by atoms with E-state index in [9.17, 15) is 9.59 Å². The van der Waals surface area contributed by atoms with Crippen molar-refractivity contribution in [3.05, 3.63) is 47.8 Å². The van der Waals surface area contributed by atoms with Gasteiger partial charge in [0.2, 0.25) is 0 Å². The molecule has 0 saturated carbocycles. The van der Waals surface area contributed by atoms with Crippen LogP contribution < -0.4 is 0 Å². The van der Waals surface area contributed by atoms with Crippen molar-refractivity contribution in [3.63, 3.8) is 0 Å². The Balaban J connectivity index is 0.00000180. The lowest BCUT2D eigenvalue weighted by atomic mass is 10.1. The molecule has 2 aromatic rings. The molecule has 0 aromatic carbocycles. The van der Waals surface area contributed by atoms with Crippen molar-refractivity contribution >= 4 is 29.3 Å². The molecule has 0 aliphatic carbocycles. The molecule has 0 aliphatic heterocycles. The van der Waals surface area contributed by atoms with E-state index in [1.165, 1.54) is 36.7 Å². The summed E-state index contributed by atoms with van der Waals surface area (Å²) >= 11 is 0. The molecule has 2 aromatic heterocycles. The van der Waals surface area contributed by atoms with Crippen LogP contribution in [-0.4, -0.2) is 49.5 Å². The first kappa shape index (κ1) is 14.8. The van der Waals surface area contributed by atoms with Gasteiger partial charge in [-0.2, -0.15) is 0 Å². The lowest BCUT2D eigenvalue weighted by Crippen LogP contribution is -2.00. The summed E-state index contributed by atoms with van der Waals surface area (Å²) in [6, 6.07) is 5.40. The van der Waals surface area contributed by atoms with Gasteiger partial charge in [-0.1, -0.05) is 0 Å². The summed E-state index contributed by atoms with van der Waals surface area (Å²) in [5, 5.41) is 17.7. The smallest absolute Gasteiger partial charge is 0.335 e. The summed E-state index contributed by atoms with van der Waals surface area (Å²) in [7, 11) is 0. The second-order valence-electron chi connectivity index (χ2n) is 3.47. The fourth-order valence-electron chi connectivity index (χ4n) is 1.41. The standard InChI is InChI=1S/C12H8N2O4.Al/c15-11(16)7-1-3-13-9(5-7)10-6-8(12(17)18)2-4-14-10;/h1-6H,(H,15,16)(H,17,18);. The number of nitrogens with zero attached hydrogens (tertiary/aromatic N) is 2. The zero-order valence-electron chi connectivity index (χ0n) is 9.65. The Hall–Kier alpha value is -2.23. The van der Waals surface area contributed by atoms with Crippen molar-refractivity contribution in [2.75, 3.05) is 0 Å². The molecular formula is C12H8AlN2O4. The number of aromatic nitrogens is 2. The Kier molecular flexibility index (Phi) is 4.75. The molecule has 0 unspecified atom stereocenters. The molecule has 2 rings (SSSR count). The Morgan fingerprint density at radius 3 is 1.53 bits per heavy atom. The van der Waals surface area contributed by atoms with Gasteiger partial charge in [-0.3, -0.25) is 9.97 Å². The molecule has 7 heteroatoms. The van der Waals surface area contributed by atoms with E-state index >= 15 is 0 Å². The highest BCUT2D eigenvalue weighted by molar-refractivity contribution is 5.90. The van der Waals surface area contributed by atoms with Crippen LogP contribution in [0.25, 0.3) is 11.4 Å². The van der Waals surface area contributed by atoms with Crippen LogP contribution in [0.1, 0.15) is 20.7 Å². The van der Waals surface area contributed by atoms with Crippen LogP contribution in [0, 0.1) is 0 Å². The molecule has 0 bridgehead atoms. The van der Waals surface area contributed by atoms with Crippen molar-refractivity contribution < 1.29 is 19.8 Å². The molecule has 2 heterocycles. The van der Waals surface area contributed by atoms with E-state index < -0.39 is 11.9 Å². The van der Waals surface area contributed by atoms with E-state index in [1.807, 2.05) is 0 Å². The summed E-state index contributed by atoms with van der Waals surface area (Å²) < 4.78 is 0. The molecule has 0 atom stereocenters. The maximum absolute atomic E-state index is 10.8. The molecule has 0 aliphatic rings. The third kappa shape index (κ3) is 3.38. The summed E-state index contributed by atoms with van der Waals surface area (Å²) in [6.07, 6.45) is 2.68. The molecule has 3 radical (unpaired) electrons. The fraction of sp³-hybridized carbons (Fsp3) is 0. The topological polar surface area (TPSA) is 100 Å². The predicted octanol–water partition coefficient (Wildman–Crippen LogP) is 1.16.